The lowest BCUT2D eigenvalue weighted by atomic mass is 10.0. The summed E-state index contributed by atoms with van der Waals surface area (Å²) in [5.41, 5.74) is -0.185. The fourth-order valence-electron chi connectivity index (χ4n) is 3.06. The maximum Gasteiger partial charge on any atom is 0.267 e. The molecule has 3 aromatic rings. The number of nitrogens with zero attached hydrogens (tertiary/aromatic N) is 3. The Morgan fingerprint density at radius 1 is 1.11 bits per heavy atom. The number of aromatic nitrogens is 2. The highest BCUT2D eigenvalue weighted by atomic mass is 16.3. The van der Waals surface area contributed by atoms with Gasteiger partial charge in [0.25, 0.3) is 11.5 Å². The number of unbranched alkanes of at least 4 members (excludes halogenated alkanes) is 1. The van der Waals surface area contributed by atoms with Gasteiger partial charge in [-0.1, -0.05) is 31.5 Å². The van der Waals surface area contributed by atoms with Crippen molar-refractivity contribution in [2.24, 2.45) is 0 Å². The molecule has 6 heteroatoms. The number of para-hydroxylation sites is 1. The Kier molecular flexibility index (Phi) is 5.78. The molecule has 146 valence electrons. The Morgan fingerprint density at radius 3 is 2.50 bits per heavy atom. The molecule has 2 heterocycles. The van der Waals surface area contributed by atoms with Gasteiger partial charge < -0.3 is 9.32 Å². The minimum absolute atomic E-state index is 0.182. The summed E-state index contributed by atoms with van der Waals surface area (Å²) in [6.45, 7) is 6.10. The van der Waals surface area contributed by atoms with Crippen molar-refractivity contribution in [3.8, 4) is 11.5 Å². The van der Waals surface area contributed by atoms with Crippen LogP contribution < -0.4 is 10.5 Å². The highest BCUT2D eigenvalue weighted by Gasteiger charge is 2.36. The van der Waals surface area contributed by atoms with Gasteiger partial charge in [0, 0.05) is 18.3 Å². The Balaban J connectivity index is 2.01. The first-order valence-corrected chi connectivity index (χ1v) is 9.47. The first-order valence-electron chi connectivity index (χ1n) is 9.47. The van der Waals surface area contributed by atoms with Crippen molar-refractivity contribution in [1.82, 2.24) is 9.78 Å². The van der Waals surface area contributed by atoms with Crippen molar-refractivity contribution in [2.45, 2.75) is 39.2 Å². The fourth-order valence-corrected chi connectivity index (χ4v) is 3.06. The maximum atomic E-state index is 13.5. The zero-order valence-corrected chi connectivity index (χ0v) is 16.5. The molecular formula is C22H25N3O3. The summed E-state index contributed by atoms with van der Waals surface area (Å²) in [7, 11) is 0. The normalized spacial score (nSPS) is 11.4. The summed E-state index contributed by atoms with van der Waals surface area (Å²) in [5.74, 6) is 0.362. The predicted octanol–water partition coefficient (Wildman–Crippen LogP) is 4.07. The number of hydrogen-bond donors (Lipinski definition) is 0. The van der Waals surface area contributed by atoms with Crippen molar-refractivity contribution < 1.29 is 9.21 Å². The number of hydrogen-bond acceptors (Lipinski definition) is 4. The molecular weight excluding hydrogens is 354 g/mol. The number of anilines is 1. The van der Waals surface area contributed by atoms with Gasteiger partial charge in [-0.25, -0.2) is 4.68 Å². The van der Waals surface area contributed by atoms with Crippen LogP contribution in [0.15, 0.2) is 70.1 Å². The summed E-state index contributed by atoms with van der Waals surface area (Å²) >= 11 is 0. The Hall–Kier alpha value is -3.15. The molecule has 0 aliphatic heterocycles. The van der Waals surface area contributed by atoms with Gasteiger partial charge in [0.1, 0.15) is 11.2 Å². The number of carbonyl (C=O) groups is 1. The highest BCUT2D eigenvalue weighted by Crippen LogP contribution is 2.24. The first-order chi connectivity index (χ1) is 13.4. The lowest BCUT2D eigenvalue weighted by molar-refractivity contribution is -0.126. The zero-order chi connectivity index (χ0) is 20.1. The van der Waals surface area contributed by atoms with Gasteiger partial charge in [-0.15, -0.1) is 0 Å². The van der Waals surface area contributed by atoms with E-state index in [1.54, 1.807) is 43.2 Å². The van der Waals surface area contributed by atoms with E-state index in [9.17, 15) is 9.59 Å². The quantitative estimate of drug-likeness (QED) is 0.620. The summed E-state index contributed by atoms with van der Waals surface area (Å²) in [6.07, 6.45) is 3.37. The monoisotopic (exact) mass is 379 g/mol. The first kappa shape index (κ1) is 19.6. The number of amides is 1. The average molecular weight is 379 g/mol. The van der Waals surface area contributed by atoms with Crippen LogP contribution >= 0.6 is 0 Å². The van der Waals surface area contributed by atoms with E-state index in [2.05, 4.69) is 12.0 Å². The summed E-state index contributed by atoms with van der Waals surface area (Å²) in [4.78, 5) is 27.8. The molecule has 0 fully saturated rings. The lowest BCUT2D eigenvalue weighted by Gasteiger charge is -2.32. The van der Waals surface area contributed by atoms with Crippen molar-refractivity contribution >= 4 is 11.6 Å². The molecule has 6 nitrogen and oxygen atoms in total. The van der Waals surface area contributed by atoms with Gasteiger partial charge in [-0.05, 0) is 50.6 Å². The van der Waals surface area contributed by atoms with Crippen LogP contribution in [0.1, 0.15) is 33.6 Å². The second-order valence-electron chi connectivity index (χ2n) is 7.15. The standard InChI is InChI=1S/C22H25N3O3/c1-4-5-15-24(17-10-7-6-8-11-17)21(27)22(2,3)25-20(26)14-13-18(23-25)19-12-9-16-28-19/h6-14,16H,4-5,15H2,1-3H3. The Morgan fingerprint density at radius 2 is 1.86 bits per heavy atom. The average Bonchev–Trinajstić information content (AvgIpc) is 3.24. The van der Waals surface area contributed by atoms with Crippen molar-refractivity contribution in [3.05, 3.63) is 71.2 Å². The van der Waals surface area contributed by atoms with Crippen LogP contribution in [-0.2, 0) is 10.3 Å². The molecule has 3 rings (SSSR count). The van der Waals surface area contributed by atoms with Crippen LogP contribution in [0.25, 0.3) is 11.5 Å². The Bertz CT molecular complexity index is 976. The largest absolute Gasteiger partial charge is 0.463 e. The van der Waals surface area contributed by atoms with E-state index in [-0.39, 0.29) is 11.5 Å². The van der Waals surface area contributed by atoms with Gasteiger partial charge in [-0.3, -0.25) is 9.59 Å². The van der Waals surface area contributed by atoms with E-state index in [0.29, 0.717) is 18.0 Å². The van der Waals surface area contributed by atoms with Crippen molar-refractivity contribution in [2.75, 3.05) is 11.4 Å². The predicted molar refractivity (Wildman–Crippen MR) is 109 cm³/mol. The summed E-state index contributed by atoms with van der Waals surface area (Å²) in [5, 5.41) is 4.43. The molecule has 0 saturated carbocycles. The molecule has 0 atom stereocenters. The fraction of sp³-hybridized carbons (Fsp3) is 0.318. The van der Waals surface area contributed by atoms with Gasteiger partial charge in [-0.2, -0.15) is 5.10 Å². The van der Waals surface area contributed by atoms with Gasteiger partial charge in [0.2, 0.25) is 0 Å². The molecule has 1 aromatic carbocycles. The molecule has 0 unspecified atom stereocenters. The SMILES string of the molecule is CCCCN(C(=O)C(C)(C)n1nc(-c2ccco2)ccc1=O)c1ccccc1. The van der Waals surface area contributed by atoms with Crippen LogP contribution in [0, 0.1) is 0 Å². The van der Waals surface area contributed by atoms with E-state index in [0.717, 1.165) is 18.5 Å². The molecule has 0 saturated heterocycles. The van der Waals surface area contributed by atoms with Crippen LogP contribution in [0.4, 0.5) is 5.69 Å². The molecule has 0 radical (unpaired) electrons. The molecule has 0 N–H and O–H groups in total. The van der Waals surface area contributed by atoms with Gasteiger partial charge in [0.15, 0.2) is 5.76 Å². The highest BCUT2D eigenvalue weighted by molar-refractivity contribution is 5.98. The number of furan rings is 1. The number of carbonyl (C=O) groups excluding carboxylic acids is 1. The molecule has 0 spiro atoms. The maximum absolute atomic E-state index is 13.5. The number of rotatable bonds is 7. The summed E-state index contributed by atoms with van der Waals surface area (Å²) in [6, 6.07) is 16.1. The molecule has 0 aliphatic rings. The third kappa shape index (κ3) is 3.91. The van der Waals surface area contributed by atoms with E-state index >= 15 is 0 Å². The second-order valence-corrected chi connectivity index (χ2v) is 7.15. The molecule has 1 amide bonds. The zero-order valence-electron chi connectivity index (χ0n) is 16.5. The summed E-state index contributed by atoms with van der Waals surface area (Å²) < 4.78 is 6.63. The molecule has 2 aromatic heterocycles. The molecule has 0 bridgehead atoms. The molecule has 28 heavy (non-hydrogen) atoms. The van der Waals surface area contributed by atoms with E-state index in [4.69, 9.17) is 4.42 Å². The molecule has 0 aliphatic carbocycles. The van der Waals surface area contributed by atoms with Gasteiger partial charge >= 0.3 is 0 Å². The second kappa shape index (κ2) is 8.25. The minimum atomic E-state index is -1.16. The van der Waals surface area contributed by atoms with Crippen LogP contribution in [0.2, 0.25) is 0 Å². The van der Waals surface area contributed by atoms with Crippen LogP contribution in [-0.4, -0.2) is 22.2 Å². The van der Waals surface area contributed by atoms with Crippen LogP contribution in [0.3, 0.4) is 0 Å². The minimum Gasteiger partial charge on any atom is -0.463 e. The third-order valence-corrected chi connectivity index (χ3v) is 4.68. The smallest absolute Gasteiger partial charge is 0.267 e. The van der Waals surface area contributed by atoms with Crippen LogP contribution in [0.5, 0.6) is 0 Å². The van der Waals surface area contributed by atoms with Gasteiger partial charge in [0.05, 0.1) is 6.26 Å². The third-order valence-electron chi connectivity index (χ3n) is 4.68. The van der Waals surface area contributed by atoms with E-state index in [1.165, 1.54) is 10.7 Å². The van der Waals surface area contributed by atoms with Crippen molar-refractivity contribution in [1.29, 1.82) is 0 Å². The van der Waals surface area contributed by atoms with E-state index in [1.807, 2.05) is 30.3 Å². The topological polar surface area (TPSA) is 68.3 Å². The Labute approximate surface area is 164 Å². The van der Waals surface area contributed by atoms with Crippen molar-refractivity contribution in [3.63, 3.8) is 0 Å². The number of benzene rings is 1. The lowest BCUT2D eigenvalue weighted by Crippen LogP contribution is -2.51. The van der Waals surface area contributed by atoms with E-state index < -0.39 is 5.54 Å².